The van der Waals surface area contributed by atoms with Gasteiger partial charge in [0.1, 0.15) is 17.4 Å². The van der Waals surface area contributed by atoms with Gasteiger partial charge in [-0.2, -0.15) is 5.26 Å². The van der Waals surface area contributed by atoms with Crippen LogP contribution in [0.25, 0.3) is 22.0 Å². The molecule has 1 amide bonds. The third-order valence-electron chi connectivity index (χ3n) is 6.80. The predicted molar refractivity (Wildman–Crippen MR) is 150 cm³/mol. The summed E-state index contributed by atoms with van der Waals surface area (Å²) in [6.45, 7) is 8.59. The fourth-order valence-electron chi connectivity index (χ4n) is 4.84. The monoisotopic (exact) mass is 528 g/mol. The number of amides is 1. The van der Waals surface area contributed by atoms with E-state index in [0.717, 1.165) is 59.6 Å². The van der Waals surface area contributed by atoms with Crippen molar-refractivity contribution in [1.29, 1.82) is 5.26 Å². The molecule has 38 heavy (non-hydrogen) atoms. The van der Waals surface area contributed by atoms with Crippen LogP contribution in [-0.4, -0.2) is 37.2 Å². The van der Waals surface area contributed by atoms with Gasteiger partial charge in [0, 0.05) is 36.7 Å². The lowest BCUT2D eigenvalue weighted by Gasteiger charge is -2.29. The number of rotatable bonds is 6. The third-order valence-corrected chi connectivity index (χ3v) is 7.12. The number of ether oxygens (including phenoxy) is 2. The molecule has 0 atom stereocenters. The van der Waals surface area contributed by atoms with Gasteiger partial charge in [0.2, 0.25) is 11.8 Å². The van der Waals surface area contributed by atoms with Crippen molar-refractivity contribution in [2.45, 2.75) is 26.3 Å². The van der Waals surface area contributed by atoms with E-state index in [1.807, 2.05) is 50.2 Å². The van der Waals surface area contributed by atoms with Crippen molar-refractivity contribution in [3.8, 4) is 28.8 Å². The van der Waals surface area contributed by atoms with Crippen LogP contribution in [0.15, 0.2) is 60.7 Å². The van der Waals surface area contributed by atoms with Crippen molar-refractivity contribution in [1.82, 2.24) is 10.3 Å². The molecule has 0 aliphatic carbocycles. The molecule has 0 bridgehead atoms. The Morgan fingerprint density at radius 2 is 1.79 bits per heavy atom. The molecule has 8 heteroatoms. The molecule has 5 rings (SSSR count). The molecule has 1 fully saturated rings. The minimum absolute atomic E-state index is 0.0989. The number of H-pyrrole nitrogens is 1. The Morgan fingerprint density at radius 1 is 1.11 bits per heavy atom. The number of nitriles is 1. The first kappa shape index (κ1) is 25.7. The number of morpholine rings is 1. The molecule has 1 aliphatic rings. The van der Waals surface area contributed by atoms with Gasteiger partial charge in [-0.25, -0.2) is 0 Å². The van der Waals surface area contributed by atoms with Gasteiger partial charge >= 0.3 is 0 Å². The molecule has 1 saturated heterocycles. The normalized spacial score (nSPS) is 13.8. The van der Waals surface area contributed by atoms with Crippen molar-refractivity contribution in [3.63, 3.8) is 0 Å². The quantitative estimate of drug-likeness (QED) is 0.304. The number of nitrogens with zero attached hydrogens (tertiary/aromatic N) is 2. The zero-order chi connectivity index (χ0) is 26.9. The van der Waals surface area contributed by atoms with Crippen LogP contribution in [0, 0.1) is 11.3 Å². The molecule has 194 valence electrons. The standard InChI is InChI=1S/C30H29ClN4O3/c1-19(36)34-30(2,3)21-6-10-23(11-7-21)38-29-26(18-32)25-16-24(27(31)17-28(25)33-29)20-4-8-22(9-5-20)35-12-14-37-15-13-35/h4-11,16-17,33H,12-15H2,1-3H3,(H,34,36). The number of halogens is 1. The minimum Gasteiger partial charge on any atom is -0.440 e. The second-order valence-electron chi connectivity index (χ2n) is 9.90. The molecular formula is C30H29ClN4O3. The molecule has 1 aliphatic heterocycles. The Labute approximate surface area is 226 Å². The molecule has 3 aromatic carbocycles. The molecule has 0 spiro atoms. The molecule has 2 N–H and O–H groups in total. The summed E-state index contributed by atoms with van der Waals surface area (Å²) >= 11 is 6.69. The molecule has 7 nitrogen and oxygen atoms in total. The van der Waals surface area contributed by atoms with Crippen LogP contribution in [-0.2, 0) is 15.1 Å². The molecular weight excluding hydrogens is 500 g/mol. The molecule has 1 aromatic heterocycles. The summed E-state index contributed by atoms with van der Waals surface area (Å²) in [4.78, 5) is 17.0. The summed E-state index contributed by atoms with van der Waals surface area (Å²) in [5.74, 6) is 0.825. The summed E-state index contributed by atoms with van der Waals surface area (Å²) in [6, 6.07) is 21.8. The van der Waals surface area contributed by atoms with E-state index in [4.69, 9.17) is 21.1 Å². The zero-order valence-electron chi connectivity index (χ0n) is 21.6. The number of benzene rings is 3. The zero-order valence-corrected chi connectivity index (χ0v) is 22.4. The highest BCUT2D eigenvalue weighted by Crippen LogP contribution is 2.38. The largest absolute Gasteiger partial charge is 0.440 e. The number of aromatic amines is 1. The van der Waals surface area contributed by atoms with Crippen LogP contribution in [0.5, 0.6) is 11.6 Å². The second-order valence-corrected chi connectivity index (χ2v) is 10.3. The van der Waals surface area contributed by atoms with E-state index in [9.17, 15) is 10.1 Å². The Hall–Kier alpha value is -3.99. The molecule has 0 radical (unpaired) electrons. The Kier molecular flexibility index (Phi) is 7.02. The lowest BCUT2D eigenvalue weighted by atomic mass is 9.94. The highest BCUT2D eigenvalue weighted by Gasteiger charge is 2.22. The van der Waals surface area contributed by atoms with E-state index in [-0.39, 0.29) is 5.91 Å². The number of carbonyl (C=O) groups is 1. The first-order valence-electron chi connectivity index (χ1n) is 12.5. The van der Waals surface area contributed by atoms with E-state index < -0.39 is 5.54 Å². The Balaban J connectivity index is 1.42. The van der Waals surface area contributed by atoms with Gasteiger partial charge in [0.15, 0.2) is 0 Å². The van der Waals surface area contributed by atoms with E-state index in [1.54, 1.807) is 0 Å². The van der Waals surface area contributed by atoms with Gasteiger partial charge in [-0.3, -0.25) is 4.79 Å². The maximum absolute atomic E-state index is 11.5. The smallest absolute Gasteiger partial charge is 0.217 e. The molecule has 4 aromatic rings. The van der Waals surface area contributed by atoms with Crippen molar-refractivity contribution >= 4 is 34.1 Å². The van der Waals surface area contributed by atoms with Gasteiger partial charge in [-0.05, 0) is 61.4 Å². The molecule has 2 heterocycles. The van der Waals surface area contributed by atoms with Crippen LogP contribution < -0.4 is 15.0 Å². The molecule has 0 saturated carbocycles. The van der Waals surface area contributed by atoms with Crippen molar-refractivity contribution in [2.24, 2.45) is 0 Å². The number of aromatic nitrogens is 1. The number of nitrogens with one attached hydrogen (secondary N) is 2. The van der Waals surface area contributed by atoms with Crippen molar-refractivity contribution < 1.29 is 14.3 Å². The lowest BCUT2D eigenvalue weighted by Crippen LogP contribution is -2.39. The van der Waals surface area contributed by atoms with Crippen molar-refractivity contribution in [3.05, 3.63) is 76.8 Å². The number of hydrogen-bond donors (Lipinski definition) is 2. The first-order chi connectivity index (χ1) is 18.2. The molecule has 0 unspecified atom stereocenters. The van der Waals surface area contributed by atoms with Crippen LogP contribution >= 0.6 is 11.6 Å². The summed E-state index contributed by atoms with van der Waals surface area (Å²) in [5, 5.41) is 14.2. The number of hydrogen-bond acceptors (Lipinski definition) is 5. The maximum Gasteiger partial charge on any atom is 0.217 e. The fraction of sp³-hybridized carbons (Fsp3) is 0.267. The minimum atomic E-state index is -0.517. The summed E-state index contributed by atoms with van der Waals surface area (Å²) in [7, 11) is 0. The van der Waals surface area contributed by atoms with Crippen LogP contribution in [0.3, 0.4) is 0 Å². The maximum atomic E-state index is 11.5. The van der Waals surface area contributed by atoms with Crippen LogP contribution in [0.1, 0.15) is 31.9 Å². The Bertz CT molecular complexity index is 1510. The predicted octanol–water partition coefficient (Wildman–Crippen LogP) is 6.36. The lowest BCUT2D eigenvalue weighted by molar-refractivity contribution is -0.120. The van der Waals surface area contributed by atoms with E-state index in [0.29, 0.717) is 22.2 Å². The summed E-state index contributed by atoms with van der Waals surface area (Å²) in [6.07, 6.45) is 0. The number of anilines is 1. The fourth-order valence-corrected chi connectivity index (χ4v) is 5.12. The van der Waals surface area contributed by atoms with Gasteiger partial charge < -0.3 is 24.7 Å². The number of fused-ring (bicyclic) bond motifs is 1. The van der Waals surface area contributed by atoms with Gasteiger partial charge in [0.05, 0.1) is 29.3 Å². The summed E-state index contributed by atoms with van der Waals surface area (Å²) < 4.78 is 11.5. The third kappa shape index (κ3) is 5.19. The van der Waals surface area contributed by atoms with Gasteiger partial charge in [0.25, 0.3) is 0 Å². The van der Waals surface area contributed by atoms with Crippen LogP contribution in [0.2, 0.25) is 5.02 Å². The SMILES string of the molecule is CC(=O)NC(C)(C)c1ccc(Oc2[nH]c3cc(Cl)c(-c4ccc(N5CCOCC5)cc4)cc3c2C#N)cc1. The van der Waals surface area contributed by atoms with E-state index in [2.05, 4.69) is 45.5 Å². The van der Waals surface area contributed by atoms with Crippen LogP contribution in [0.4, 0.5) is 5.69 Å². The Morgan fingerprint density at radius 3 is 2.42 bits per heavy atom. The van der Waals surface area contributed by atoms with E-state index >= 15 is 0 Å². The second kappa shape index (κ2) is 10.4. The van der Waals surface area contributed by atoms with Gasteiger partial charge in [-0.15, -0.1) is 0 Å². The highest BCUT2D eigenvalue weighted by atomic mass is 35.5. The highest BCUT2D eigenvalue weighted by molar-refractivity contribution is 6.34. The van der Waals surface area contributed by atoms with Crippen molar-refractivity contribution in [2.75, 3.05) is 31.2 Å². The number of carbonyl (C=O) groups excluding carboxylic acids is 1. The topological polar surface area (TPSA) is 90.4 Å². The average molecular weight is 529 g/mol. The van der Waals surface area contributed by atoms with Gasteiger partial charge in [-0.1, -0.05) is 35.9 Å². The first-order valence-corrected chi connectivity index (χ1v) is 12.9. The summed E-state index contributed by atoms with van der Waals surface area (Å²) in [5.41, 5.74) is 4.52. The van der Waals surface area contributed by atoms with E-state index in [1.165, 1.54) is 6.92 Å². The average Bonchev–Trinajstić information content (AvgIpc) is 3.24.